The van der Waals surface area contributed by atoms with Crippen LogP contribution in [-0.2, 0) is 0 Å². The van der Waals surface area contributed by atoms with Crippen molar-refractivity contribution in [1.82, 2.24) is 4.37 Å². The van der Waals surface area contributed by atoms with E-state index >= 15 is 0 Å². The molecule has 1 aromatic carbocycles. The van der Waals surface area contributed by atoms with Gasteiger partial charge in [0.15, 0.2) is 6.29 Å². The van der Waals surface area contributed by atoms with Crippen LogP contribution in [0, 0.1) is 0 Å². The van der Waals surface area contributed by atoms with Crippen molar-refractivity contribution < 1.29 is 4.79 Å². The fourth-order valence-corrected chi connectivity index (χ4v) is 1.96. The van der Waals surface area contributed by atoms with E-state index in [1.165, 1.54) is 11.5 Å². The van der Waals surface area contributed by atoms with Crippen molar-refractivity contribution in [3.8, 4) is 10.4 Å². The standard InChI is InChI=1S/C10H6ClNOS/c11-9-5-7(1-2-8(9)6-13)10-3-4-12-14-10/h1-6H. The number of aldehydes is 1. The molecule has 0 atom stereocenters. The number of halogens is 1. The van der Waals surface area contributed by atoms with E-state index in [1.807, 2.05) is 12.1 Å². The predicted molar refractivity (Wildman–Crippen MR) is 57.9 cm³/mol. The Balaban J connectivity index is 2.48. The number of nitrogens with zero attached hydrogens (tertiary/aromatic N) is 1. The number of rotatable bonds is 2. The van der Waals surface area contributed by atoms with E-state index in [2.05, 4.69) is 4.37 Å². The molecule has 70 valence electrons. The third-order valence-corrected chi connectivity index (χ3v) is 2.97. The van der Waals surface area contributed by atoms with Crippen LogP contribution in [0.3, 0.4) is 0 Å². The predicted octanol–water partition coefficient (Wildman–Crippen LogP) is 3.28. The molecule has 0 saturated carbocycles. The van der Waals surface area contributed by atoms with Crippen LogP contribution in [0.15, 0.2) is 30.5 Å². The van der Waals surface area contributed by atoms with Gasteiger partial charge in [-0.05, 0) is 35.3 Å². The summed E-state index contributed by atoms with van der Waals surface area (Å²) in [4.78, 5) is 11.6. The number of carbonyl (C=O) groups excluding carboxylic acids is 1. The molecule has 0 fully saturated rings. The molecule has 2 nitrogen and oxygen atoms in total. The van der Waals surface area contributed by atoms with E-state index in [4.69, 9.17) is 11.6 Å². The minimum atomic E-state index is 0.478. The van der Waals surface area contributed by atoms with Crippen LogP contribution in [0.1, 0.15) is 10.4 Å². The lowest BCUT2D eigenvalue weighted by molar-refractivity contribution is 0.112. The molecule has 0 N–H and O–H groups in total. The van der Waals surface area contributed by atoms with Gasteiger partial charge in [0.05, 0.1) is 9.90 Å². The van der Waals surface area contributed by atoms with Crippen molar-refractivity contribution in [2.75, 3.05) is 0 Å². The van der Waals surface area contributed by atoms with Crippen molar-refractivity contribution in [2.24, 2.45) is 0 Å². The maximum atomic E-state index is 10.5. The summed E-state index contributed by atoms with van der Waals surface area (Å²) in [5.41, 5.74) is 1.50. The van der Waals surface area contributed by atoms with Gasteiger partial charge >= 0.3 is 0 Å². The SMILES string of the molecule is O=Cc1ccc(-c2ccns2)cc1Cl. The van der Waals surface area contributed by atoms with Gasteiger partial charge in [0.2, 0.25) is 0 Å². The third kappa shape index (κ3) is 1.69. The molecule has 0 bridgehead atoms. The molecule has 0 radical (unpaired) electrons. The summed E-state index contributed by atoms with van der Waals surface area (Å²) in [6.07, 6.45) is 2.49. The van der Waals surface area contributed by atoms with E-state index < -0.39 is 0 Å². The molecule has 0 unspecified atom stereocenters. The Kier molecular flexibility index (Phi) is 2.61. The lowest BCUT2D eigenvalue weighted by atomic mass is 10.1. The largest absolute Gasteiger partial charge is 0.298 e. The third-order valence-electron chi connectivity index (χ3n) is 1.85. The lowest BCUT2D eigenvalue weighted by Gasteiger charge is -1.99. The van der Waals surface area contributed by atoms with E-state index in [0.717, 1.165) is 16.7 Å². The van der Waals surface area contributed by atoms with Crippen LogP contribution in [0.25, 0.3) is 10.4 Å². The monoisotopic (exact) mass is 223 g/mol. The fourth-order valence-electron chi connectivity index (χ4n) is 1.14. The zero-order valence-corrected chi connectivity index (χ0v) is 8.68. The van der Waals surface area contributed by atoms with Crippen molar-refractivity contribution in [1.29, 1.82) is 0 Å². The van der Waals surface area contributed by atoms with Gasteiger partial charge in [-0.25, -0.2) is 4.37 Å². The minimum absolute atomic E-state index is 0.478. The van der Waals surface area contributed by atoms with E-state index in [1.54, 1.807) is 18.3 Å². The van der Waals surface area contributed by atoms with Gasteiger partial charge in [-0.2, -0.15) is 0 Å². The second-order valence-electron chi connectivity index (χ2n) is 2.73. The molecule has 14 heavy (non-hydrogen) atoms. The Bertz CT molecular complexity index is 453. The molecular weight excluding hydrogens is 218 g/mol. The zero-order valence-electron chi connectivity index (χ0n) is 7.11. The summed E-state index contributed by atoms with van der Waals surface area (Å²) < 4.78 is 4.00. The average Bonchev–Trinajstić information content (AvgIpc) is 2.70. The number of hydrogen-bond donors (Lipinski definition) is 0. The normalized spacial score (nSPS) is 10.1. The first kappa shape index (κ1) is 9.37. The highest BCUT2D eigenvalue weighted by atomic mass is 35.5. The molecular formula is C10H6ClNOS. The van der Waals surface area contributed by atoms with Crippen LogP contribution in [0.4, 0.5) is 0 Å². The van der Waals surface area contributed by atoms with E-state index in [-0.39, 0.29) is 0 Å². The van der Waals surface area contributed by atoms with Crippen LogP contribution in [0.2, 0.25) is 5.02 Å². The molecule has 1 heterocycles. The number of aromatic nitrogens is 1. The Morgan fingerprint density at radius 2 is 2.21 bits per heavy atom. The minimum Gasteiger partial charge on any atom is -0.298 e. The van der Waals surface area contributed by atoms with Gasteiger partial charge in [-0.15, -0.1) is 0 Å². The molecule has 0 aliphatic rings. The molecule has 0 aliphatic carbocycles. The number of hydrogen-bond acceptors (Lipinski definition) is 3. The summed E-state index contributed by atoms with van der Waals surface area (Å²) >= 11 is 7.30. The summed E-state index contributed by atoms with van der Waals surface area (Å²) in [6.45, 7) is 0. The number of carbonyl (C=O) groups is 1. The van der Waals surface area contributed by atoms with Crippen molar-refractivity contribution in [3.63, 3.8) is 0 Å². The first-order valence-electron chi connectivity index (χ1n) is 3.97. The van der Waals surface area contributed by atoms with Gasteiger partial charge in [0.1, 0.15) is 0 Å². The first-order valence-corrected chi connectivity index (χ1v) is 5.12. The molecule has 2 aromatic rings. The quantitative estimate of drug-likeness (QED) is 0.732. The Hall–Kier alpha value is -1.19. The second kappa shape index (κ2) is 3.90. The smallest absolute Gasteiger partial charge is 0.151 e. The Morgan fingerprint density at radius 1 is 1.36 bits per heavy atom. The molecule has 2 rings (SSSR count). The summed E-state index contributed by atoms with van der Waals surface area (Å²) in [7, 11) is 0. The maximum Gasteiger partial charge on any atom is 0.151 e. The van der Waals surface area contributed by atoms with Gasteiger partial charge in [0, 0.05) is 11.8 Å². The van der Waals surface area contributed by atoms with Crippen LogP contribution in [-0.4, -0.2) is 10.7 Å². The maximum absolute atomic E-state index is 10.5. The fraction of sp³-hybridized carbons (Fsp3) is 0. The Labute approximate surface area is 90.3 Å². The van der Waals surface area contributed by atoms with Crippen molar-refractivity contribution >= 4 is 29.4 Å². The molecule has 1 aromatic heterocycles. The van der Waals surface area contributed by atoms with Gasteiger partial charge in [-0.1, -0.05) is 17.7 Å². The zero-order chi connectivity index (χ0) is 9.97. The summed E-state index contributed by atoms with van der Waals surface area (Å²) in [6, 6.07) is 7.27. The Morgan fingerprint density at radius 3 is 2.79 bits per heavy atom. The highest BCUT2D eigenvalue weighted by Gasteiger charge is 2.03. The molecule has 4 heteroatoms. The molecule has 0 amide bonds. The average molecular weight is 224 g/mol. The topological polar surface area (TPSA) is 30.0 Å². The highest BCUT2D eigenvalue weighted by Crippen LogP contribution is 2.26. The van der Waals surface area contributed by atoms with E-state index in [9.17, 15) is 4.79 Å². The molecule has 0 saturated heterocycles. The van der Waals surface area contributed by atoms with Gasteiger partial charge in [0.25, 0.3) is 0 Å². The highest BCUT2D eigenvalue weighted by molar-refractivity contribution is 7.09. The second-order valence-corrected chi connectivity index (χ2v) is 3.97. The molecule has 0 spiro atoms. The van der Waals surface area contributed by atoms with Crippen molar-refractivity contribution in [2.45, 2.75) is 0 Å². The van der Waals surface area contributed by atoms with Crippen LogP contribution < -0.4 is 0 Å². The summed E-state index contributed by atoms with van der Waals surface area (Å²) in [5.74, 6) is 0. The van der Waals surface area contributed by atoms with Gasteiger partial charge in [-0.3, -0.25) is 4.79 Å². The van der Waals surface area contributed by atoms with Gasteiger partial charge < -0.3 is 0 Å². The first-order chi connectivity index (χ1) is 6.81. The number of benzene rings is 1. The van der Waals surface area contributed by atoms with Crippen LogP contribution >= 0.6 is 23.1 Å². The lowest BCUT2D eigenvalue weighted by Crippen LogP contribution is -1.82. The van der Waals surface area contributed by atoms with E-state index in [0.29, 0.717) is 10.6 Å². The van der Waals surface area contributed by atoms with Crippen molar-refractivity contribution in [3.05, 3.63) is 41.0 Å². The summed E-state index contributed by atoms with van der Waals surface area (Å²) in [5, 5.41) is 0.478. The van der Waals surface area contributed by atoms with Crippen LogP contribution in [0.5, 0.6) is 0 Å². The molecule has 0 aliphatic heterocycles.